The molecule has 108 valence electrons. The summed E-state index contributed by atoms with van der Waals surface area (Å²) in [4.78, 5) is 27.0. The summed E-state index contributed by atoms with van der Waals surface area (Å²) in [6, 6.07) is 3.89. The Morgan fingerprint density at radius 1 is 1.43 bits per heavy atom. The molecule has 0 atom stereocenters. The second-order valence-corrected chi connectivity index (χ2v) is 5.21. The Labute approximate surface area is 123 Å². The standard InChI is InChI=1S/C14H11FN2O3S/c1-8-6-9(15)2-4-11(8)13(20)17-14-16-7-10(21-14)3-5-12(18)19/h2-7H,1H3,(H,18,19)(H,16,17,20)/b5-3+. The number of carboxylic acid groups (broad SMARTS) is 1. The van der Waals surface area contributed by atoms with Crippen LogP contribution >= 0.6 is 11.3 Å². The third-order valence-corrected chi connectivity index (χ3v) is 3.45. The van der Waals surface area contributed by atoms with E-state index in [0.29, 0.717) is 21.1 Å². The zero-order valence-corrected chi connectivity index (χ0v) is 11.8. The highest BCUT2D eigenvalue weighted by Crippen LogP contribution is 2.21. The van der Waals surface area contributed by atoms with Gasteiger partial charge in [0.2, 0.25) is 0 Å². The number of rotatable bonds is 4. The number of nitrogens with one attached hydrogen (secondary N) is 1. The number of carbonyl (C=O) groups excluding carboxylic acids is 1. The second-order valence-electron chi connectivity index (χ2n) is 4.15. The molecule has 2 rings (SSSR count). The van der Waals surface area contributed by atoms with Gasteiger partial charge in [-0.3, -0.25) is 10.1 Å². The summed E-state index contributed by atoms with van der Waals surface area (Å²) in [6.45, 7) is 1.64. The number of amides is 1. The smallest absolute Gasteiger partial charge is 0.328 e. The lowest BCUT2D eigenvalue weighted by atomic mass is 10.1. The maximum absolute atomic E-state index is 13.0. The molecule has 0 fully saturated rings. The van der Waals surface area contributed by atoms with Crippen LogP contribution < -0.4 is 5.32 Å². The average Bonchev–Trinajstić information content (AvgIpc) is 2.83. The van der Waals surface area contributed by atoms with Gasteiger partial charge in [0, 0.05) is 22.7 Å². The van der Waals surface area contributed by atoms with E-state index >= 15 is 0 Å². The van der Waals surface area contributed by atoms with Crippen molar-refractivity contribution >= 4 is 34.4 Å². The molecule has 2 aromatic rings. The van der Waals surface area contributed by atoms with Crippen molar-refractivity contribution in [1.82, 2.24) is 4.98 Å². The summed E-state index contributed by atoms with van der Waals surface area (Å²) in [7, 11) is 0. The normalized spacial score (nSPS) is 10.8. The molecule has 5 nitrogen and oxygen atoms in total. The Morgan fingerprint density at radius 2 is 2.19 bits per heavy atom. The minimum Gasteiger partial charge on any atom is -0.478 e. The van der Waals surface area contributed by atoms with E-state index in [0.717, 1.165) is 17.4 Å². The van der Waals surface area contributed by atoms with E-state index < -0.39 is 17.7 Å². The molecule has 21 heavy (non-hydrogen) atoms. The Balaban J connectivity index is 2.11. The van der Waals surface area contributed by atoms with Crippen molar-refractivity contribution in [3.05, 3.63) is 52.3 Å². The fraction of sp³-hybridized carbons (Fsp3) is 0.0714. The molecule has 2 N–H and O–H groups in total. The van der Waals surface area contributed by atoms with E-state index in [9.17, 15) is 14.0 Å². The van der Waals surface area contributed by atoms with E-state index in [1.54, 1.807) is 6.92 Å². The highest BCUT2D eigenvalue weighted by atomic mass is 32.1. The molecule has 1 aromatic heterocycles. The SMILES string of the molecule is Cc1cc(F)ccc1C(=O)Nc1ncc(/C=C/C(=O)O)s1. The summed E-state index contributed by atoms with van der Waals surface area (Å²) in [5, 5.41) is 11.5. The molecule has 0 bridgehead atoms. The van der Waals surface area contributed by atoms with Crippen LogP contribution in [0.5, 0.6) is 0 Å². The highest BCUT2D eigenvalue weighted by Gasteiger charge is 2.11. The van der Waals surface area contributed by atoms with Gasteiger partial charge in [0.1, 0.15) is 5.82 Å². The van der Waals surface area contributed by atoms with Crippen molar-refractivity contribution in [2.24, 2.45) is 0 Å². The predicted molar refractivity (Wildman–Crippen MR) is 77.9 cm³/mol. The van der Waals surface area contributed by atoms with Gasteiger partial charge in [0.05, 0.1) is 0 Å². The van der Waals surface area contributed by atoms with Crippen molar-refractivity contribution in [2.45, 2.75) is 6.92 Å². The maximum atomic E-state index is 13.0. The molecule has 1 aromatic carbocycles. The van der Waals surface area contributed by atoms with Gasteiger partial charge in [-0.15, -0.1) is 0 Å². The first-order valence-corrected chi connectivity index (χ1v) is 6.71. The molecule has 7 heteroatoms. The highest BCUT2D eigenvalue weighted by molar-refractivity contribution is 7.16. The van der Waals surface area contributed by atoms with E-state index in [-0.39, 0.29) is 0 Å². The Morgan fingerprint density at radius 3 is 2.86 bits per heavy atom. The third-order valence-electron chi connectivity index (χ3n) is 2.57. The number of aliphatic carboxylic acids is 1. The minimum absolute atomic E-state index is 0.341. The van der Waals surface area contributed by atoms with Crippen LogP contribution in [0.3, 0.4) is 0 Å². The number of carbonyl (C=O) groups is 2. The molecule has 0 radical (unpaired) electrons. The molecule has 0 saturated carbocycles. The van der Waals surface area contributed by atoms with Crippen molar-refractivity contribution < 1.29 is 19.1 Å². The van der Waals surface area contributed by atoms with Gasteiger partial charge in [-0.05, 0) is 36.8 Å². The fourth-order valence-corrected chi connectivity index (χ4v) is 2.34. The lowest BCUT2D eigenvalue weighted by Gasteiger charge is -2.05. The van der Waals surface area contributed by atoms with Crippen LogP contribution in [0.2, 0.25) is 0 Å². The summed E-state index contributed by atoms with van der Waals surface area (Å²) < 4.78 is 13.0. The van der Waals surface area contributed by atoms with Crippen LogP contribution in [0, 0.1) is 12.7 Å². The van der Waals surface area contributed by atoms with Gasteiger partial charge in [-0.25, -0.2) is 14.2 Å². The molecule has 0 unspecified atom stereocenters. The van der Waals surface area contributed by atoms with Crippen molar-refractivity contribution in [3.8, 4) is 0 Å². The van der Waals surface area contributed by atoms with Crippen molar-refractivity contribution in [2.75, 3.05) is 5.32 Å². The minimum atomic E-state index is -1.06. The summed E-state index contributed by atoms with van der Waals surface area (Å²) in [5.41, 5.74) is 0.879. The summed E-state index contributed by atoms with van der Waals surface area (Å²) in [5.74, 6) is -1.86. The summed E-state index contributed by atoms with van der Waals surface area (Å²) in [6.07, 6.45) is 3.83. The Kier molecular flexibility index (Phi) is 4.44. The Hall–Kier alpha value is -2.54. The van der Waals surface area contributed by atoms with Crippen molar-refractivity contribution in [3.63, 3.8) is 0 Å². The third kappa shape index (κ3) is 3.96. The first-order chi connectivity index (χ1) is 9.95. The quantitative estimate of drug-likeness (QED) is 0.851. The van der Waals surface area contributed by atoms with Crippen LogP contribution in [0.15, 0.2) is 30.5 Å². The molecule has 0 aliphatic carbocycles. The van der Waals surface area contributed by atoms with Gasteiger partial charge >= 0.3 is 5.97 Å². The topological polar surface area (TPSA) is 79.3 Å². The number of hydrogen-bond donors (Lipinski definition) is 2. The lowest BCUT2D eigenvalue weighted by molar-refractivity contribution is -0.131. The van der Waals surface area contributed by atoms with E-state index in [4.69, 9.17) is 5.11 Å². The van der Waals surface area contributed by atoms with Gasteiger partial charge in [0.25, 0.3) is 5.91 Å². The number of thiazole rings is 1. The molecule has 1 heterocycles. The number of carboxylic acids is 1. The van der Waals surface area contributed by atoms with Crippen LogP contribution in [0.1, 0.15) is 20.8 Å². The number of halogens is 1. The average molecular weight is 306 g/mol. The zero-order valence-electron chi connectivity index (χ0n) is 11.0. The van der Waals surface area contributed by atoms with E-state index in [1.165, 1.54) is 30.5 Å². The Bertz CT molecular complexity index is 725. The van der Waals surface area contributed by atoms with Gasteiger partial charge in [0.15, 0.2) is 5.13 Å². The van der Waals surface area contributed by atoms with E-state index in [2.05, 4.69) is 10.3 Å². The first kappa shape index (κ1) is 14.9. The van der Waals surface area contributed by atoms with Crippen molar-refractivity contribution in [1.29, 1.82) is 0 Å². The number of nitrogens with zero attached hydrogens (tertiary/aromatic N) is 1. The van der Waals surface area contributed by atoms with E-state index in [1.807, 2.05) is 0 Å². The fourth-order valence-electron chi connectivity index (χ4n) is 1.62. The number of anilines is 1. The van der Waals surface area contributed by atoms with Crippen LogP contribution in [0.25, 0.3) is 6.08 Å². The predicted octanol–water partition coefficient (Wildman–Crippen LogP) is 2.94. The molecule has 0 aliphatic heterocycles. The monoisotopic (exact) mass is 306 g/mol. The number of aromatic nitrogens is 1. The lowest BCUT2D eigenvalue weighted by Crippen LogP contribution is -2.13. The number of benzene rings is 1. The van der Waals surface area contributed by atoms with Gasteiger partial charge < -0.3 is 5.11 Å². The number of aryl methyl sites for hydroxylation is 1. The summed E-state index contributed by atoms with van der Waals surface area (Å²) >= 11 is 1.14. The molecule has 0 spiro atoms. The molecule has 0 aliphatic rings. The number of hydrogen-bond acceptors (Lipinski definition) is 4. The van der Waals surface area contributed by atoms with Crippen LogP contribution in [0.4, 0.5) is 9.52 Å². The molecule has 1 amide bonds. The van der Waals surface area contributed by atoms with Gasteiger partial charge in [-0.2, -0.15) is 0 Å². The van der Waals surface area contributed by atoms with Crippen LogP contribution in [-0.4, -0.2) is 22.0 Å². The molecular formula is C14H11FN2O3S. The molecular weight excluding hydrogens is 295 g/mol. The largest absolute Gasteiger partial charge is 0.478 e. The zero-order chi connectivity index (χ0) is 15.4. The van der Waals surface area contributed by atoms with Gasteiger partial charge in [-0.1, -0.05) is 11.3 Å². The second kappa shape index (κ2) is 6.27. The first-order valence-electron chi connectivity index (χ1n) is 5.90. The molecule has 0 saturated heterocycles. The van der Waals surface area contributed by atoms with Crippen LogP contribution in [-0.2, 0) is 4.79 Å². The maximum Gasteiger partial charge on any atom is 0.328 e.